The van der Waals surface area contributed by atoms with Gasteiger partial charge in [-0.2, -0.15) is 0 Å². The quantitative estimate of drug-likeness (QED) is 0.833. The molecule has 0 aromatic rings. The zero-order valence-corrected chi connectivity index (χ0v) is 12.7. The van der Waals surface area contributed by atoms with E-state index in [1.165, 1.54) is 38.6 Å². The van der Waals surface area contributed by atoms with Crippen LogP contribution in [0.1, 0.15) is 52.4 Å². The van der Waals surface area contributed by atoms with E-state index in [0.29, 0.717) is 12.0 Å². The van der Waals surface area contributed by atoms with Crippen LogP contribution >= 0.6 is 0 Å². The van der Waals surface area contributed by atoms with Crippen LogP contribution in [0.3, 0.4) is 0 Å². The highest BCUT2D eigenvalue weighted by Crippen LogP contribution is 2.32. The lowest BCUT2D eigenvalue weighted by Gasteiger charge is -2.39. The summed E-state index contributed by atoms with van der Waals surface area (Å²) in [7, 11) is 0. The summed E-state index contributed by atoms with van der Waals surface area (Å²) >= 11 is 0. The number of piperidine rings is 1. The molecule has 1 N–H and O–H groups in total. The van der Waals surface area contributed by atoms with Gasteiger partial charge in [-0.25, -0.2) is 0 Å². The van der Waals surface area contributed by atoms with Crippen molar-refractivity contribution < 1.29 is 9.84 Å². The van der Waals surface area contributed by atoms with Gasteiger partial charge in [-0.05, 0) is 57.4 Å². The number of likely N-dealkylation sites (tertiary alicyclic amines) is 1. The lowest BCUT2D eigenvalue weighted by molar-refractivity contribution is -0.0193. The van der Waals surface area contributed by atoms with Crippen LogP contribution in [0.5, 0.6) is 0 Å². The van der Waals surface area contributed by atoms with Gasteiger partial charge in [0.1, 0.15) is 0 Å². The van der Waals surface area contributed by atoms with E-state index in [1.54, 1.807) is 0 Å². The Morgan fingerprint density at radius 3 is 2.79 bits per heavy atom. The average molecular weight is 269 g/mol. The molecule has 2 aliphatic rings. The Hall–Kier alpha value is -0.120. The monoisotopic (exact) mass is 269 g/mol. The molecule has 0 aromatic heterocycles. The van der Waals surface area contributed by atoms with Crippen LogP contribution < -0.4 is 0 Å². The third-order valence-electron chi connectivity index (χ3n) is 4.99. The number of aliphatic hydroxyl groups excluding tert-OH is 1. The standard InChI is InChI=1S/C16H31NO2/c1-3-13-7-8-16(18)14(10-13)11-17-9-5-6-15(12-17)19-4-2/h13-16,18H,3-12H2,1-2H3. The van der Waals surface area contributed by atoms with Crippen LogP contribution in [0, 0.1) is 11.8 Å². The summed E-state index contributed by atoms with van der Waals surface area (Å²) in [6.07, 6.45) is 7.50. The van der Waals surface area contributed by atoms with Gasteiger partial charge in [0.2, 0.25) is 0 Å². The number of ether oxygens (including phenoxy) is 1. The minimum absolute atomic E-state index is 0.0738. The molecular formula is C16H31NO2. The summed E-state index contributed by atoms with van der Waals surface area (Å²) in [6, 6.07) is 0. The topological polar surface area (TPSA) is 32.7 Å². The molecule has 1 heterocycles. The minimum atomic E-state index is -0.0738. The maximum atomic E-state index is 10.2. The van der Waals surface area contributed by atoms with Crippen LogP contribution in [0.4, 0.5) is 0 Å². The highest BCUT2D eigenvalue weighted by molar-refractivity contribution is 4.83. The first-order chi connectivity index (χ1) is 9.22. The highest BCUT2D eigenvalue weighted by Gasteiger charge is 2.31. The number of aliphatic hydroxyl groups is 1. The van der Waals surface area contributed by atoms with E-state index >= 15 is 0 Å². The van der Waals surface area contributed by atoms with Crippen LogP contribution in [0.25, 0.3) is 0 Å². The second-order valence-corrected chi connectivity index (χ2v) is 6.39. The molecule has 1 saturated carbocycles. The average Bonchev–Trinajstić information content (AvgIpc) is 2.42. The maximum Gasteiger partial charge on any atom is 0.0702 e. The molecule has 1 aliphatic carbocycles. The van der Waals surface area contributed by atoms with Gasteiger partial charge in [-0.15, -0.1) is 0 Å². The molecule has 1 aliphatic heterocycles. The first-order valence-corrected chi connectivity index (χ1v) is 8.24. The van der Waals surface area contributed by atoms with Crippen molar-refractivity contribution >= 4 is 0 Å². The number of rotatable bonds is 5. The minimum Gasteiger partial charge on any atom is -0.393 e. The fourth-order valence-corrected chi connectivity index (χ4v) is 3.79. The van der Waals surface area contributed by atoms with E-state index in [4.69, 9.17) is 4.74 Å². The van der Waals surface area contributed by atoms with Gasteiger partial charge in [0.15, 0.2) is 0 Å². The van der Waals surface area contributed by atoms with Crippen LogP contribution in [-0.2, 0) is 4.74 Å². The molecule has 19 heavy (non-hydrogen) atoms. The molecule has 4 atom stereocenters. The van der Waals surface area contributed by atoms with Crippen LogP contribution in [0.2, 0.25) is 0 Å². The summed E-state index contributed by atoms with van der Waals surface area (Å²) in [5.41, 5.74) is 0. The summed E-state index contributed by atoms with van der Waals surface area (Å²) in [5, 5.41) is 10.2. The summed E-state index contributed by atoms with van der Waals surface area (Å²) < 4.78 is 5.77. The SMILES string of the molecule is CCOC1CCCN(CC2CC(CC)CCC2O)C1. The molecule has 0 amide bonds. The fraction of sp³-hybridized carbons (Fsp3) is 1.00. The normalized spacial score (nSPS) is 37.4. The summed E-state index contributed by atoms with van der Waals surface area (Å²) in [5.74, 6) is 1.32. The molecule has 0 spiro atoms. The second-order valence-electron chi connectivity index (χ2n) is 6.39. The van der Waals surface area contributed by atoms with E-state index in [1.807, 2.05) is 0 Å². The molecule has 0 aromatic carbocycles. The molecule has 0 bridgehead atoms. The first kappa shape index (κ1) is 15.3. The van der Waals surface area contributed by atoms with Gasteiger partial charge in [-0.3, -0.25) is 0 Å². The van der Waals surface area contributed by atoms with Crippen molar-refractivity contribution in [2.75, 3.05) is 26.2 Å². The van der Waals surface area contributed by atoms with Crippen molar-refractivity contribution in [1.29, 1.82) is 0 Å². The molecule has 1 saturated heterocycles. The van der Waals surface area contributed by atoms with E-state index in [-0.39, 0.29) is 6.10 Å². The van der Waals surface area contributed by atoms with Gasteiger partial charge < -0.3 is 14.7 Å². The first-order valence-electron chi connectivity index (χ1n) is 8.24. The number of nitrogens with zero attached hydrogens (tertiary/aromatic N) is 1. The van der Waals surface area contributed by atoms with E-state index in [9.17, 15) is 5.11 Å². The largest absolute Gasteiger partial charge is 0.393 e. The van der Waals surface area contributed by atoms with Crippen LogP contribution in [0.15, 0.2) is 0 Å². The summed E-state index contributed by atoms with van der Waals surface area (Å²) in [4.78, 5) is 2.52. The molecule has 0 radical (unpaired) electrons. The Balaban J connectivity index is 1.81. The lowest BCUT2D eigenvalue weighted by atomic mass is 9.78. The van der Waals surface area contributed by atoms with Gasteiger partial charge >= 0.3 is 0 Å². The van der Waals surface area contributed by atoms with E-state index < -0.39 is 0 Å². The number of hydrogen-bond acceptors (Lipinski definition) is 3. The van der Waals surface area contributed by atoms with Crippen molar-refractivity contribution in [3.8, 4) is 0 Å². The smallest absolute Gasteiger partial charge is 0.0702 e. The van der Waals surface area contributed by atoms with Crippen molar-refractivity contribution in [2.24, 2.45) is 11.8 Å². The Bertz CT molecular complexity index is 257. The van der Waals surface area contributed by atoms with E-state index in [0.717, 1.165) is 32.0 Å². The third kappa shape index (κ3) is 4.44. The zero-order chi connectivity index (χ0) is 13.7. The highest BCUT2D eigenvalue weighted by atomic mass is 16.5. The van der Waals surface area contributed by atoms with Crippen molar-refractivity contribution in [2.45, 2.75) is 64.6 Å². The predicted molar refractivity (Wildman–Crippen MR) is 78.2 cm³/mol. The Kier molecular flexibility index (Phi) is 6.11. The molecule has 4 unspecified atom stereocenters. The van der Waals surface area contributed by atoms with Crippen molar-refractivity contribution in [3.05, 3.63) is 0 Å². The van der Waals surface area contributed by atoms with Gasteiger partial charge in [-0.1, -0.05) is 13.3 Å². The van der Waals surface area contributed by atoms with Crippen molar-refractivity contribution in [1.82, 2.24) is 4.90 Å². The predicted octanol–water partition coefficient (Wildman–Crippen LogP) is 2.67. The molecule has 2 rings (SSSR count). The number of hydrogen-bond donors (Lipinski definition) is 1. The Labute approximate surface area is 118 Å². The molecular weight excluding hydrogens is 238 g/mol. The molecule has 3 heteroatoms. The van der Waals surface area contributed by atoms with Gasteiger partial charge in [0, 0.05) is 19.7 Å². The Morgan fingerprint density at radius 2 is 2.05 bits per heavy atom. The van der Waals surface area contributed by atoms with Gasteiger partial charge in [0.05, 0.1) is 12.2 Å². The zero-order valence-electron chi connectivity index (χ0n) is 12.7. The van der Waals surface area contributed by atoms with Gasteiger partial charge in [0.25, 0.3) is 0 Å². The summed E-state index contributed by atoms with van der Waals surface area (Å²) in [6.45, 7) is 8.50. The second kappa shape index (κ2) is 7.61. The fourth-order valence-electron chi connectivity index (χ4n) is 3.79. The maximum absolute atomic E-state index is 10.2. The molecule has 3 nitrogen and oxygen atoms in total. The van der Waals surface area contributed by atoms with Crippen molar-refractivity contribution in [3.63, 3.8) is 0 Å². The molecule has 2 fully saturated rings. The van der Waals surface area contributed by atoms with E-state index in [2.05, 4.69) is 18.7 Å². The Morgan fingerprint density at radius 1 is 1.21 bits per heavy atom. The third-order valence-corrected chi connectivity index (χ3v) is 4.99. The molecule has 112 valence electrons. The van der Waals surface area contributed by atoms with Crippen LogP contribution in [-0.4, -0.2) is 48.5 Å². The lowest BCUT2D eigenvalue weighted by Crippen LogP contribution is -2.45.